The standard InChI is InChI=1S/C25H34N2O5/c1-7-27(8-2)15-10-11-16(18(12-15)30-6)20-21-17(28)13-25(4,5)14-19(21)32-23(26)22(20)24(29)31-9-3/h10-12,20H,7-9,13-14,26H2,1-6H3. The van der Waals surface area contributed by atoms with Gasteiger partial charge in [0.25, 0.3) is 0 Å². The first-order valence-corrected chi connectivity index (χ1v) is 11.2. The minimum Gasteiger partial charge on any atom is -0.496 e. The lowest BCUT2D eigenvalue weighted by atomic mass is 9.70. The summed E-state index contributed by atoms with van der Waals surface area (Å²) in [6.45, 7) is 11.8. The maximum absolute atomic E-state index is 13.3. The van der Waals surface area contributed by atoms with Crippen LogP contribution in [0.3, 0.4) is 0 Å². The van der Waals surface area contributed by atoms with Gasteiger partial charge in [0, 0.05) is 48.8 Å². The molecule has 0 saturated heterocycles. The van der Waals surface area contributed by atoms with Gasteiger partial charge in [-0.15, -0.1) is 0 Å². The molecule has 1 atom stereocenters. The van der Waals surface area contributed by atoms with E-state index in [1.54, 1.807) is 14.0 Å². The predicted molar refractivity (Wildman–Crippen MR) is 123 cm³/mol. The van der Waals surface area contributed by atoms with Crippen LogP contribution in [0.25, 0.3) is 0 Å². The van der Waals surface area contributed by atoms with Crippen LogP contribution in [-0.2, 0) is 19.1 Å². The molecule has 1 heterocycles. The molecule has 0 bridgehead atoms. The number of allylic oxidation sites excluding steroid dienone is 2. The second kappa shape index (κ2) is 9.27. The van der Waals surface area contributed by atoms with Gasteiger partial charge in [0.15, 0.2) is 5.78 Å². The Morgan fingerprint density at radius 2 is 1.91 bits per heavy atom. The van der Waals surface area contributed by atoms with E-state index in [0.29, 0.717) is 35.5 Å². The van der Waals surface area contributed by atoms with Gasteiger partial charge in [0.1, 0.15) is 17.1 Å². The number of hydrogen-bond donors (Lipinski definition) is 1. The number of ketones is 1. The minimum absolute atomic E-state index is 0.0208. The zero-order chi connectivity index (χ0) is 23.6. The van der Waals surface area contributed by atoms with Crippen molar-refractivity contribution in [3.05, 3.63) is 46.6 Å². The van der Waals surface area contributed by atoms with Crippen LogP contribution in [-0.4, -0.2) is 38.6 Å². The Kier molecular flexibility index (Phi) is 6.86. The molecule has 32 heavy (non-hydrogen) atoms. The third kappa shape index (κ3) is 4.33. The van der Waals surface area contributed by atoms with Gasteiger partial charge < -0.3 is 24.8 Å². The van der Waals surface area contributed by atoms with Gasteiger partial charge in [-0.3, -0.25) is 4.79 Å². The number of benzene rings is 1. The first kappa shape index (κ1) is 23.7. The summed E-state index contributed by atoms with van der Waals surface area (Å²) in [5, 5.41) is 0. The maximum atomic E-state index is 13.3. The lowest BCUT2D eigenvalue weighted by Gasteiger charge is -2.38. The third-order valence-corrected chi connectivity index (χ3v) is 6.11. The fourth-order valence-corrected chi connectivity index (χ4v) is 4.63. The Hall–Kier alpha value is -2.96. The summed E-state index contributed by atoms with van der Waals surface area (Å²) in [6.07, 6.45) is 0.919. The van der Waals surface area contributed by atoms with E-state index in [1.807, 2.05) is 32.0 Å². The lowest BCUT2D eigenvalue weighted by Crippen LogP contribution is -2.36. The molecule has 1 aromatic rings. The molecule has 0 spiro atoms. The Labute approximate surface area is 190 Å². The van der Waals surface area contributed by atoms with E-state index in [4.69, 9.17) is 19.9 Å². The predicted octanol–water partition coefficient (Wildman–Crippen LogP) is 4.03. The van der Waals surface area contributed by atoms with Crippen LogP contribution < -0.4 is 15.4 Å². The molecule has 7 nitrogen and oxygen atoms in total. The first-order chi connectivity index (χ1) is 15.2. The van der Waals surface area contributed by atoms with Gasteiger partial charge in [-0.2, -0.15) is 0 Å². The Bertz CT molecular complexity index is 973. The largest absolute Gasteiger partial charge is 0.496 e. The summed E-state index contributed by atoms with van der Waals surface area (Å²) in [5.41, 5.74) is 8.31. The number of esters is 1. The van der Waals surface area contributed by atoms with E-state index in [-0.39, 0.29) is 29.3 Å². The molecule has 2 N–H and O–H groups in total. The third-order valence-electron chi connectivity index (χ3n) is 6.11. The number of hydrogen-bond acceptors (Lipinski definition) is 7. The fourth-order valence-electron chi connectivity index (χ4n) is 4.63. The summed E-state index contributed by atoms with van der Waals surface area (Å²) < 4.78 is 16.9. The fraction of sp³-hybridized carbons (Fsp3) is 0.520. The highest BCUT2D eigenvalue weighted by molar-refractivity contribution is 6.03. The SMILES string of the molecule is CCOC(=O)C1=C(N)OC2=C(C(=O)CC(C)(C)C2)C1c1ccc(N(CC)CC)cc1OC. The van der Waals surface area contributed by atoms with Crippen molar-refractivity contribution >= 4 is 17.4 Å². The van der Waals surface area contributed by atoms with Crippen molar-refractivity contribution in [1.29, 1.82) is 0 Å². The summed E-state index contributed by atoms with van der Waals surface area (Å²) in [6, 6.07) is 5.83. The molecule has 7 heteroatoms. The van der Waals surface area contributed by atoms with Crippen LogP contribution in [0.2, 0.25) is 0 Å². The van der Waals surface area contributed by atoms with Gasteiger partial charge in [-0.25, -0.2) is 4.79 Å². The highest BCUT2D eigenvalue weighted by atomic mass is 16.5. The van der Waals surface area contributed by atoms with Gasteiger partial charge in [-0.05, 0) is 32.3 Å². The van der Waals surface area contributed by atoms with E-state index in [0.717, 1.165) is 18.8 Å². The number of nitrogens with two attached hydrogens (primary N) is 1. The number of ether oxygens (including phenoxy) is 3. The number of anilines is 1. The zero-order valence-corrected chi connectivity index (χ0v) is 19.9. The molecule has 1 aromatic carbocycles. The summed E-state index contributed by atoms with van der Waals surface area (Å²) in [4.78, 5) is 28.5. The highest BCUT2D eigenvalue weighted by Gasteiger charge is 2.45. The van der Waals surface area contributed by atoms with Crippen molar-refractivity contribution in [2.45, 2.75) is 53.4 Å². The number of Topliss-reactive ketones (excluding diaryl/α,β-unsaturated/α-hetero) is 1. The van der Waals surface area contributed by atoms with E-state index in [9.17, 15) is 9.59 Å². The molecular formula is C25H34N2O5. The van der Waals surface area contributed by atoms with Crippen molar-refractivity contribution < 1.29 is 23.8 Å². The Morgan fingerprint density at radius 3 is 2.50 bits per heavy atom. The molecule has 1 aliphatic heterocycles. The summed E-state index contributed by atoms with van der Waals surface area (Å²) in [5.74, 6) is -0.258. The normalized spacial score (nSPS) is 19.9. The number of methoxy groups -OCH3 is 1. The van der Waals surface area contributed by atoms with E-state index in [1.165, 1.54) is 0 Å². The van der Waals surface area contributed by atoms with Gasteiger partial charge in [0.2, 0.25) is 5.88 Å². The Balaban J connectivity index is 2.22. The van der Waals surface area contributed by atoms with Crippen LogP contribution in [0.15, 0.2) is 41.0 Å². The average Bonchev–Trinajstić information content (AvgIpc) is 2.72. The second-order valence-electron chi connectivity index (χ2n) is 8.91. The molecular weight excluding hydrogens is 408 g/mol. The van der Waals surface area contributed by atoms with Crippen molar-refractivity contribution in [1.82, 2.24) is 0 Å². The van der Waals surface area contributed by atoms with Crippen LogP contribution in [0.1, 0.15) is 58.9 Å². The van der Waals surface area contributed by atoms with E-state index >= 15 is 0 Å². The van der Waals surface area contributed by atoms with Crippen molar-refractivity contribution in [3.63, 3.8) is 0 Å². The molecule has 2 aliphatic rings. The number of carbonyl (C=O) groups is 2. The van der Waals surface area contributed by atoms with E-state index < -0.39 is 11.9 Å². The van der Waals surface area contributed by atoms with Gasteiger partial charge >= 0.3 is 5.97 Å². The van der Waals surface area contributed by atoms with Crippen LogP contribution in [0, 0.1) is 5.41 Å². The maximum Gasteiger partial charge on any atom is 0.340 e. The van der Waals surface area contributed by atoms with Crippen molar-refractivity contribution in [2.75, 3.05) is 31.7 Å². The molecule has 1 unspecified atom stereocenters. The lowest BCUT2D eigenvalue weighted by molar-refractivity contribution is -0.139. The van der Waals surface area contributed by atoms with Crippen molar-refractivity contribution in [2.24, 2.45) is 11.1 Å². The Morgan fingerprint density at radius 1 is 1.22 bits per heavy atom. The molecule has 0 radical (unpaired) electrons. The average molecular weight is 443 g/mol. The van der Waals surface area contributed by atoms with Crippen LogP contribution in [0.5, 0.6) is 5.75 Å². The number of rotatable bonds is 7. The summed E-state index contributed by atoms with van der Waals surface area (Å²) >= 11 is 0. The van der Waals surface area contributed by atoms with Crippen molar-refractivity contribution in [3.8, 4) is 5.75 Å². The van der Waals surface area contributed by atoms with E-state index in [2.05, 4.69) is 18.7 Å². The molecule has 0 amide bonds. The monoisotopic (exact) mass is 442 g/mol. The number of carbonyl (C=O) groups excluding carboxylic acids is 2. The quantitative estimate of drug-likeness (QED) is 0.638. The highest BCUT2D eigenvalue weighted by Crippen LogP contribution is 2.50. The molecule has 3 rings (SSSR count). The molecule has 174 valence electrons. The van der Waals surface area contributed by atoms with Gasteiger partial charge in [0.05, 0.1) is 19.6 Å². The van der Waals surface area contributed by atoms with Gasteiger partial charge in [-0.1, -0.05) is 19.9 Å². The number of nitrogens with zero attached hydrogens (tertiary/aromatic N) is 1. The first-order valence-electron chi connectivity index (χ1n) is 11.2. The molecule has 1 aliphatic carbocycles. The molecule has 0 aromatic heterocycles. The molecule has 0 saturated carbocycles. The smallest absolute Gasteiger partial charge is 0.340 e. The van der Waals surface area contributed by atoms with Crippen LogP contribution in [0.4, 0.5) is 5.69 Å². The molecule has 0 fully saturated rings. The summed E-state index contributed by atoms with van der Waals surface area (Å²) in [7, 11) is 1.59. The second-order valence-corrected chi connectivity index (χ2v) is 8.91. The zero-order valence-electron chi connectivity index (χ0n) is 19.9. The van der Waals surface area contributed by atoms with Crippen LogP contribution >= 0.6 is 0 Å². The minimum atomic E-state index is -0.706. The topological polar surface area (TPSA) is 91.1 Å².